The van der Waals surface area contributed by atoms with Crippen molar-refractivity contribution in [3.05, 3.63) is 69.9 Å². The zero-order chi connectivity index (χ0) is 14.5. The molecule has 2 aromatic carbocycles. The predicted octanol–water partition coefficient (Wildman–Crippen LogP) is 4.45. The minimum absolute atomic E-state index is 0.0371. The number of hydrogen-bond donors (Lipinski definition) is 1. The minimum atomic E-state index is -0.543. The molecule has 0 saturated heterocycles. The van der Waals surface area contributed by atoms with Gasteiger partial charge in [0.25, 0.3) is 5.91 Å². The highest BCUT2D eigenvalue weighted by Gasteiger charge is 2.17. The highest BCUT2D eigenvalue weighted by molar-refractivity contribution is 9.10. The van der Waals surface area contributed by atoms with Crippen molar-refractivity contribution in [2.45, 2.75) is 6.04 Å². The first kappa shape index (κ1) is 15.2. The van der Waals surface area contributed by atoms with Crippen LogP contribution in [0.15, 0.2) is 53.0 Å². The standard InChI is InChI=1S/C15H12Br2FNO/c16-9-14(10-4-2-1-3-5-10)19-15(20)12-7-6-11(17)8-13(12)18/h1-8,14H,9H2,(H,19,20). The topological polar surface area (TPSA) is 29.1 Å². The zero-order valence-corrected chi connectivity index (χ0v) is 13.6. The molecule has 2 nitrogen and oxygen atoms in total. The van der Waals surface area contributed by atoms with E-state index in [2.05, 4.69) is 37.2 Å². The molecule has 5 heteroatoms. The van der Waals surface area contributed by atoms with Crippen LogP contribution in [0.5, 0.6) is 0 Å². The third-order valence-electron chi connectivity index (χ3n) is 2.84. The fourth-order valence-corrected chi connectivity index (χ4v) is 2.67. The summed E-state index contributed by atoms with van der Waals surface area (Å²) >= 11 is 6.54. The van der Waals surface area contributed by atoms with E-state index in [0.29, 0.717) is 9.80 Å². The van der Waals surface area contributed by atoms with Crippen molar-refractivity contribution in [3.8, 4) is 0 Å². The van der Waals surface area contributed by atoms with Gasteiger partial charge in [-0.05, 0) is 23.8 Å². The maximum Gasteiger partial charge on any atom is 0.254 e. The van der Waals surface area contributed by atoms with Crippen molar-refractivity contribution in [1.82, 2.24) is 5.32 Å². The molecular formula is C15H12Br2FNO. The molecule has 0 aliphatic rings. The second-order valence-electron chi connectivity index (χ2n) is 4.22. The molecule has 0 saturated carbocycles. The maximum absolute atomic E-state index is 13.8. The van der Waals surface area contributed by atoms with Crippen LogP contribution in [0.1, 0.15) is 22.0 Å². The number of rotatable bonds is 4. The molecule has 0 aliphatic heterocycles. The summed E-state index contributed by atoms with van der Waals surface area (Å²) in [5, 5.41) is 3.37. The van der Waals surface area contributed by atoms with Gasteiger partial charge in [0.1, 0.15) is 5.82 Å². The Bertz CT molecular complexity index is 604. The summed E-state index contributed by atoms with van der Waals surface area (Å²) in [4.78, 5) is 12.1. The van der Waals surface area contributed by atoms with E-state index in [-0.39, 0.29) is 11.6 Å². The Morgan fingerprint density at radius 2 is 1.90 bits per heavy atom. The van der Waals surface area contributed by atoms with Gasteiger partial charge in [-0.3, -0.25) is 4.79 Å². The lowest BCUT2D eigenvalue weighted by atomic mass is 10.1. The van der Waals surface area contributed by atoms with E-state index in [1.807, 2.05) is 30.3 Å². The number of halogens is 3. The molecule has 2 rings (SSSR count). The number of carbonyl (C=O) groups is 1. The van der Waals surface area contributed by atoms with E-state index < -0.39 is 11.7 Å². The van der Waals surface area contributed by atoms with Crippen LogP contribution in [0, 0.1) is 5.82 Å². The van der Waals surface area contributed by atoms with Gasteiger partial charge in [0.2, 0.25) is 0 Å². The Morgan fingerprint density at radius 3 is 2.50 bits per heavy atom. The smallest absolute Gasteiger partial charge is 0.254 e. The van der Waals surface area contributed by atoms with Gasteiger partial charge in [0.05, 0.1) is 11.6 Å². The van der Waals surface area contributed by atoms with Gasteiger partial charge in [0, 0.05) is 9.80 Å². The van der Waals surface area contributed by atoms with Gasteiger partial charge in [-0.15, -0.1) is 0 Å². The molecule has 1 amide bonds. The summed E-state index contributed by atoms with van der Waals surface area (Å²) < 4.78 is 14.4. The van der Waals surface area contributed by atoms with Crippen molar-refractivity contribution >= 4 is 37.8 Å². The number of hydrogen-bond acceptors (Lipinski definition) is 1. The first-order valence-corrected chi connectivity index (χ1v) is 7.90. The van der Waals surface area contributed by atoms with E-state index in [4.69, 9.17) is 0 Å². The van der Waals surface area contributed by atoms with E-state index in [1.54, 1.807) is 6.07 Å². The largest absolute Gasteiger partial charge is 0.344 e. The molecule has 0 heterocycles. The van der Waals surface area contributed by atoms with Crippen molar-refractivity contribution in [2.24, 2.45) is 0 Å². The number of alkyl halides is 1. The Morgan fingerprint density at radius 1 is 1.20 bits per heavy atom. The molecule has 104 valence electrons. The number of benzene rings is 2. The maximum atomic E-state index is 13.8. The van der Waals surface area contributed by atoms with Crippen molar-refractivity contribution in [1.29, 1.82) is 0 Å². The molecular weight excluding hydrogens is 389 g/mol. The van der Waals surface area contributed by atoms with Crippen LogP contribution in [-0.2, 0) is 0 Å². The highest BCUT2D eigenvalue weighted by atomic mass is 79.9. The van der Waals surface area contributed by atoms with Gasteiger partial charge in [-0.2, -0.15) is 0 Å². The lowest BCUT2D eigenvalue weighted by Gasteiger charge is -2.17. The van der Waals surface area contributed by atoms with Gasteiger partial charge in [0.15, 0.2) is 0 Å². The molecule has 20 heavy (non-hydrogen) atoms. The molecule has 1 N–H and O–H groups in total. The summed E-state index contributed by atoms with van der Waals surface area (Å²) in [6, 6.07) is 13.7. The number of nitrogens with one attached hydrogen (secondary N) is 1. The second kappa shape index (κ2) is 6.99. The van der Waals surface area contributed by atoms with Gasteiger partial charge in [-0.1, -0.05) is 62.2 Å². The zero-order valence-electron chi connectivity index (χ0n) is 10.4. The lowest BCUT2D eigenvalue weighted by molar-refractivity contribution is 0.0936. The first-order chi connectivity index (χ1) is 9.61. The van der Waals surface area contributed by atoms with E-state index in [1.165, 1.54) is 12.1 Å². The summed E-state index contributed by atoms with van der Waals surface area (Å²) in [7, 11) is 0. The van der Waals surface area contributed by atoms with Crippen molar-refractivity contribution in [2.75, 3.05) is 5.33 Å². The summed E-state index contributed by atoms with van der Waals surface area (Å²) in [6.07, 6.45) is 0. The third kappa shape index (κ3) is 3.67. The number of amides is 1. The average Bonchev–Trinajstić information content (AvgIpc) is 2.45. The Labute approximate surface area is 133 Å². The van der Waals surface area contributed by atoms with E-state index in [0.717, 1.165) is 5.56 Å². The van der Waals surface area contributed by atoms with E-state index >= 15 is 0 Å². The molecule has 0 radical (unpaired) electrons. The quantitative estimate of drug-likeness (QED) is 0.754. The summed E-state index contributed by atoms with van der Waals surface area (Å²) in [6.45, 7) is 0. The van der Waals surface area contributed by atoms with Crippen LogP contribution in [0.3, 0.4) is 0 Å². The van der Waals surface area contributed by atoms with Crippen LogP contribution in [0.2, 0.25) is 0 Å². The Balaban J connectivity index is 2.17. The molecule has 0 fully saturated rings. The SMILES string of the molecule is O=C(NC(CBr)c1ccccc1)c1ccc(Br)cc1F. The van der Waals surface area contributed by atoms with Crippen LogP contribution >= 0.6 is 31.9 Å². The van der Waals surface area contributed by atoms with Crippen molar-refractivity contribution < 1.29 is 9.18 Å². The molecule has 2 aromatic rings. The predicted molar refractivity (Wildman–Crippen MR) is 84.5 cm³/mol. The average molecular weight is 401 g/mol. The van der Waals surface area contributed by atoms with Crippen LogP contribution < -0.4 is 5.32 Å². The molecule has 1 atom stereocenters. The van der Waals surface area contributed by atoms with E-state index in [9.17, 15) is 9.18 Å². The van der Waals surface area contributed by atoms with Crippen LogP contribution in [0.25, 0.3) is 0 Å². The van der Waals surface area contributed by atoms with Crippen LogP contribution in [-0.4, -0.2) is 11.2 Å². The van der Waals surface area contributed by atoms with Gasteiger partial charge >= 0.3 is 0 Å². The normalized spacial score (nSPS) is 11.9. The molecule has 0 spiro atoms. The molecule has 1 unspecified atom stereocenters. The third-order valence-corrected chi connectivity index (χ3v) is 3.98. The Kier molecular flexibility index (Phi) is 5.31. The lowest BCUT2D eigenvalue weighted by Crippen LogP contribution is -2.30. The molecule has 0 aliphatic carbocycles. The Hall–Kier alpha value is -1.20. The fraction of sp³-hybridized carbons (Fsp3) is 0.133. The molecule has 0 bridgehead atoms. The molecule has 0 aromatic heterocycles. The van der Waals surface area contributed by atoms with Gasteiger partial charge < -0.3 is 5.32 Å². The summed E-state index contributed by atoms with van der Waals surface area (Å²) in [5.41, 5.74) is 1.00. The second-order valence-corrected chi connectivity index (χ2v) is 5.78. The van der Waals surface area contributed by atoms with Crippen LogP contribution in [0.4, 0.5) is 4.39 Å². The minimum Gasteiger partial charge on any atom is -0.344 e. The first-order valence-electron chi connectivity index (χ1n) is 5.98. The highest BCUT2D eigenvalue weighted by Crippen LogP contribution is 2.18. The number of carbonyl (C=O) groups excluding carboxylic acids is 1. The van der Waals surface area contributed by atoms with Gasteiger partial charge in [-0.25, -0.2) is 4.39 Å². The summed E-state index contributed by atoms with van der Waals surface area (Å²) in [5.74, 6) is -0.971. The monoisotopic (exact) mass is 399 g/mol. The van der Waals surface area contributed by atoms with Crippen molar-refractivity contribution in [3.63, 3.8) is 0 Å². The fourth-order valence-electron chi connectivity index (χ4n) is 1.81.